The molecule has 0 aromatic carbocycles. The molecule has 0 spiro atoms. The van der Waals surface area contributed by atoms with Crippen LogP contribution >= 0.6 is 18.5 Å². The van der Waals surface area contributed by atoms with Gasteiger partial charge >= 0.3 is 0 Å². The molecular weight excluding hydrogens is 179 g/mol. The van der Waals surface area contributed by atoms with Crippen LogP contribution in [-0.4, -0.2) is 6.61 Å². The molecule has 0 amide bonds. The zero-order valence-corrected chi connectivity index (χ0v) is 9.09. The molecule has 0 saturated heterocycles. The Balaban J connectivity index is 2.61. The van der Waals surface area contributed by atoms with E-state index < -0.39 is 7.27 Å². The fourth-order valence-corrected chi connectivity index (χ4v) is 4.09. The number of allylic oxidation sites excluding steroid dienone is 1. The van der Waals surface area contributed by atoms with Gasteiger partial charge in [-0.25, -0.2) is 0 Å². The average molecular weight is 193 g/mol. The van der Waals surface area contributed by atoms with E-state index in [1.807, 2.05) is 6.92 Å². The number of halogens is 1. The summed E-state index contributed by atoms with van der Waals surface area (Å²) >= 11 is 6.05. The van der Waals surface area contributed by atoms with Crippen LogP contribution in [0.3, 0.4) is 0 Å². The molecule has 1 aliphatic rings. The number of rotatable bonds is 2. The molecule has 3 heteroatoms. The monoisotopic (exact) mass is 192 g/mol. The highest BCUT2D eigenvalue weighted by Gasteiger charge is 2.44. The van der Waals surface area contributed by atoms with Gasteiger partial charge in [0.05, 0.1) is 13.9 Å². The topological polar surface area (TPSA) is 9.23 Å². The van der Waals surface area contributed by atoms with Crippen LogP contribution in [0.25, 0.3) is 0 Å². The van der Waals surface area contributed by atoms with Crippen molar-refractivity contribution in [3.8, 4) is 0 Å². The van der Waals surface area contributed by atoms with Crippen molar-refractivity contribution in [3.63, 3.8) is 0 Å². The molecule has 1 nitrogen and oxygen atoms in total. The Morgan fingerprint density at radius 2 is 2.00 bits per heavy atom. The molecule has 1 rings (SSSR count). The lowest BCUT2D eigenvalue weighted by atomic mass is 9.97. The molecule has 0 aliphatic carbocycles. The Kier molecular flexibility index (Phi) is 2.51. The lowest BCUT2D eigenvalue weighted by Crippen LogP contribution is -2.00. The van der Waals surface area contributed by atoms with Gasteiger partial charge in [-0.15, -0.1) is 0 Å². The Bertz CT molecular complexity index is 193. The fraction of sp³-hybridized carbons (Fsp3) is 0.750. The molecule has 0 N–H and O–H groups in total. The van der Waals surface area contributed by atoms with E-state index in [0.29, 0.717) is 0 Å². The number of hydrogen-bond acceptors (Lipinski definition) is 1. The molecule has 0 fully saturated rings. The number of ether oxygens (including phenoxy) is 1. The molecule has 1 aliphatic heterocycles. The quantitative estimate of drug-likeness (QED) is 0.604. The molecule has 0 aromatic rings. The van der Waals surface area contributed by atoms with Crippen molar-refractivity contribution in [2.75, 3.05) is 6.61 Å². The summed E-state index contributed by atoms with van der Waals surface area (Å²) in [5, 5.41) is 1.33. The molecule has 0 unspecified atom stereocenters. The third-order valence-corrected chi connectivity index (χ3v) is 4.24. The Labute approximate surface area is 74.3 Å². The second-order valence-corrected chi connectivity index (χ2v) is 6.05. The van der Waals surface area contributed by atoms with Crippen LogP contribution in [0.15, 0.2) is 10.8 Å². The van der Waals surface area contributed by atoms with Gasteiger partial charge in [-0.05, 0) is 12.3 Å². The van der Waals surface area contributed by atoms with Crippen molar-refractivity contribution < 1.29 is 4.74 Å². The van der Waals surface area contributed by atoms with Crippen LogP contribution in [0.4, 0.5) is 0 Å². The summed E-state index contributed by atoms with van der Waals surface area (Å²) in [7, 11) is -0.508. The van der Waals surface area contributed by atoms with E-state index in [4.69, 9.17) is 16.0 Å². The highest BCUT2D eigenvalue weighted by Crippen LogP contribution is 2.78. The van der Waals surface area contributed by atoms with Crippen LogP contribution in [0.1, 0.15) is 27.7 Å². The lowest BCUT2D eigenvalue weighted by Gasteiger charge is -2.11. The van der Waals surface area contributed by atoms with Gasteiger partial charge in [-0.2, -0.15) is 0 Å². The molecule has 64 valence electrons. The normalized spacial score (nSPS) is 23.9. The minimum atomic E-state index is -0.508. The van der Waals surface area contributed by atoms with Crippen LogP contribution < -0.4 is 0 Å². The second kappa shape index (κ2) is 2.95. The first-order valence-electron chi connectivity index (χ1n) is 3.82. The van der Waals surface area contributed by atoms with Crippen molar-refractivity contribution in [2.45, 2.75) is 27.7 Å². The zero-order valence-electron chi connectivity index (χ0n) is 7.44. The van der Waals surface area contributed by atoms with Crippen LogP contribution in [0.2, 0.25) is 0 Å². The second-order valence-electron chi connectivity index (χ2n) is 3.62. The standard InChI is InChI=1S/C8H14ClOP/c1-5-10-7-6(11(7)9)8(2,3)4/h5H2,1-4H3/t11-/m0/s1. The molecule has 0 saturated carbocycles. The molecule has 0 bridgehead atoms. The SMILES string of the molecule is CCOC1=C(C(C)(C)C)[P@]1Cl. The maximum Gasteiger partial charge on any atom is 0.143 e. The minimum absolute atomic E-state index is 0.206. The summed E-state index contributed by atoms with van der Waals surface area (Å²) in [6, 6.07) is 0. The first-order valence-corrected chi connectivity index (χ1v) is 6.06. The maximum absolute atomic E-state index is 6.05. The van der Waals surface area contributed by atoms with Gasteiger partial charge in [-0.3, -0.25) is 0 Å². The van der Waals surface area contributed by atoms with E-state index >= 15 is 0 Å². The summed E-state index contributed by atoms with van der Waals surface area (Å²) in [5.74, 6) is 0. The van der Waals surface area contributed by atoms with E-state index in [-0.39, 0.29) is 5.41 Å². The molecule has 0 radical (unpaired) electrons. The Morgan fingerprint density at radius 1 is 1.45 bits per heavy atom. The summed E-state index contributed by atoms with van der Waals surface area (Å²) in [6.07, 6.45) is 0. The van der Waals surface area contributed by atoms with Crippen molar-refractivity contribution >= 4 is 18.5 Å². The van der Waals surface area contributed by atoms with E-state index in [1.165, 1.54) is 5.31 Å². The van der Waals surface area contributed by atoms with Crippen molar-refractivity contribution in [1.29, 1.82) is 0 Å². The third-order valence-electron chi connectivity index (χ3n) is 1.52. The average Bonchev–Trinajstić information content (AvgIpc) is 2.41. The van der Waals surface area contributed by atoms with Gasteiger partial charge in [0.1, 0.15) is 5.50 Å². The summed E-state index contributed by atoms with van der Waals surface area (Å²) in [5.41, 5.74) is 1.27. The molecule has 1 heterocycles. The molecular formula is C8H14ClOP. The summed E-state index contributed by atoms with van der Waals surface area (Å²) in [4.78, 5) is 0. The summed E-state index contributed by atoms with van der Waals surface area (Å²) in [6.45, 7) is 9.25. The van der Waals surface area contributed by atoms with Crippen molar-refractivity contribution in [3.05, 3.63) is 10.8 Å². The predicted octanol–water partition coefficient (Wildman–Crippen LogP) is 3.89. The van der Waals surface area contributed by atoms with Gasteiger partial charge in [0.2, 0.25) is 0 Å². The van der Waals surface area contributed by atoms with Gasteiger partial charge in [0.25, 0.3) is 0 Å². The van der Waals surface area contributed by atoms with Gasteiger partial charge in [0.15, 0.2) is 0 Å². The largest absolute Gasteiger partial charge is 0.492 e. The van der Waals surface area contributed by atoms with E-state index in [1.54, 1.807) is 0 Å². The Hall–Kier alpha value is 0.260. The maximum atomic E-state index is 6.05. The van der Waals surface area contributed by atoms with E-state index in [9.17, 15) is 0 Å². The fourth-order valence-electron chi connectivity index (χ4n) is 1.01. The first-order chi connectivity index (χ1) is 4.98. The predicted molar refractivity (Wildman–Crippen MR) is 50.9 cm³/mol. The smallest absolute Gasteiger partial charge is 0.143 e. The van der Waals surface area contributed by atoms with Gasteiger partial charge in [0, 0.05) is 5.31 Å². The molecule has 1 atom stereocenters. The van der Waals surface area contributed by atoms with Gasteiger partial charge in [-0.1, -0.05) is 32.0 Å². The van der Waals surface area contributed by atoms with Crippen LogP contribution in [-0.2, 0) is 4.74 Å². The molecule has 11 heavy (non-hydrogen) atoms. The van der Waals surface area contributed by atoms with Gasteiger partial charge < -0.3 is 4.74 Å². The molecule has 0 aromatic heterocycles. The highest BCUT2D eigenvalue weighted by atomic mass is 35.7. The van der Waals surface area contributed by atoms with Crippen LogP contribution in [0.5, 0.6) is 0 Å². The zero-order chi connectivity index (χ0) is 8.65. The Morgan fingerprint density at radius 3 is 2.27 bits per heavy atom. The minimum Gasteiger partial charge on any atom is -0.492 e. The van der Waals surface area contributed by atoms with Crippen molar-refractivity contribution in [1.82, 2.24) is 0 Å². The van der Waals surface area contributed by atoms with E-state index in [0.717, 1.165) is 12.1 Å². The lowest BCUT2D eigenvalue weighted by molar-refractivity contribution is 0.258. The van der Waals surface area contributed by atoms with E-state index in [2.05, 4.69) is 20.8 Å². The van der Waals surface area contributed by atoms with Crippen molar-refractivity contribution in [2.24, 2.45) is 5.41 Å². The van der Waals surface area contributed by atoms with Crippen LogP contribution in [0, 0.1) is 5.41 Å². The third kappa shape index (κ3) is 1.89. The first kappa shape index (κ1) is 9.35. The highest BCUT2D eigenvalue weighted by molar-refractivity contribution is 7.96. The number of hydrogen-bond donors (Lipinski definition) is 0. The summed E-state index contributed by atoms with van der Waals surface area (Å²) < 4.78 is 5.38.